The molecule has 2 amide bonds. The first kappa shape index (κ1) is 13.9. The molecule has 7 nitrogen and oxygen atoms in total. The van der Waals surface area contributed by atoms with Gasteiger partial charge in [0, 0.05) is 26.4 Å². The summed E-state index contributed by atoms with van der Waals surface area (Å²) in [6.07, 6.45) is 1.42. The fraction of sp³-hybridized carbons (Fsp3) is 0.364. The zero-order chi connectivity index (χ0) is 13.4. The number of aromatic nitrogens is 1. The molecule has 1 aromatic rings. The number of methoxy groups -OCH3 is 1. The lowest BCUT2D eigenvalue weighted by Gasteiger charge is -2.07. The van der Waals surface area contributed by atoms with E-state index in [0.717, 1.165) is 5.56 Å². The zero-order valence-corrected chi connectivity index (χ0v) is 9.97. The van der Waals surface area contributed by atoms with Gasteiger partial charge in [0.25, 0.3) is 0 Å². The Kier molecular flexibility index (Phi) is 5.59. The average Bonchev–Trinajstić information content (AvgIpc) is 2.37. The van der Waals surface area contributed by atoms with Crippen LogP contribution in [0.15, 0.2) is 18.3 Å². The van der Waals surface area contributed by atoms with Crippen LogP contribution in [0.25, 0.3) is 0 Å². The Morgan fingerprint density at radius 3 is 2.72 bits per heavy atom. The van der Waals surface area contributed by atoms with Crippen molar-refractivity contribution >= 4 is 12.0 Å². The lowest BCUT2D eigenvalue weighted by molar-refractivity contribution is 0.0690. The SMILES string of the molecule is COCCNC(=O)NCc1ccc(C(=O)O)nc1. The first-order valence-electron chi connectivity index (χ1n) is 5.32. The van der Waals surface area contributed by atoms with Gasteiger partial charge in [-0.1, -0.05) is 6.07 Å². The molecule has 1 aromatic heterocycles. The number of nitrogens with zero attached hydrogens (tertiary/aromatic N) is 1. The first-order chi connectivity index (χ1) is 8.63. The normalized spacial score (nSPS) is 9.83. The third-order valence-corrected chi connectivity index (χ3v) is 2.09. The van der Waals surface area contributed by atoms with Crippen LogP contribution in [0.5, 0.6) is 0 Å². The molecule has 0 aliphatic heterocycles. The van der Waals surface area contributed by atoms with Gasteiger partial charge >= 0.3 is 12.0 Å². The Morgan fingerprint density at radius 2 is 2.17 bits per heavy atom. The molecule has 0 radical (unpaired) electrons. The highest BCUT2D eigenvalue weighted by Gasteiger charge is 2.04. The van der Waals surface area contributed by atoms with Gasteiger partial charge in [0.2, 0.25) is 0 Å². The number of carbonyl (C=O) groups is 2. The van der Waals surface area contributed by atoms with Gasteiger partial charge in [0.1, 0.15) is 5.69 Å². The van der Waals surface area contributed by atoms with E-state index in [2.05, 4.69) is 15.6 Å². The van der Waals surface area contributed by atoms with E-state index in [9.17, 15) is 9.59 Å². The molecule has 0 aliphatic rings. The molecular formula is C11H15N3O4. The zero-order valence-electron chi connectivity index (χ0n) is 9.97. The van der Waals surface area contributed by atoms with E-state index in [1.165, 1.54) is 12.3 Å². The van der Waals surface area contributed by atoms with E-state index in [-0.39, 0.29) is 18.3 Å². The van der Waals surface area contributed by atoms with Crippen molar-refractivity contribution in [2.24, 2.45) is 0 Å². The van der Waals surface area contributed by atoms with E-state index in [0.29, 0.717) is 13.2 Å². The van der Waals surface area contributed by atoms with Crippen LogP contribution in [-0.2, 0) is 11.3 Å². The number of aromatic carboxylic acids is 1. The van der Waals surface area contributed by atoms with Gasteiger partial charge in [0.15, 0.2) is 0 Å². The number of rotatable bonds is 6. The molecule has 1 heterocycles. The van der Waals surface area contributed by atoms with E-state index in [1.54, 1.807) is 13.2 Å². The van der Waals surface area contributed by atoms with Crippen LogP contribution in [0.2, 0.25) is 0 Å². The Labute approximate surface area is 104 Å². The second-order valence-electron chi connectivity index (χ2n) is 3.46. The van der Waals surface area contributed by atoms with Crippen molar-refractivity contribution in [2.75, 3.05) is 20.3 Å². The molecule has 98 valence electrons. The summed E-state index contributed by atoms with van der Waals surface area (Å²) in [4.78, 5) is 25.6. The van der Waals surface area contributed by atoms with Crippen LogP contribution in [0.4, 0.5) is 4.79 Å². The molecule has 0 saturated heterocycles. The Hall–Kier alpha value is -2.15. The van der Waals surface area contributed by atoms with Gasteiger partial charge in [0.05, 0.1) is 6.61 Å². The summed E-state index contributed by atoms with van der Waals surface area (Å²) >= 11 is 0. The summed E-state index contributed by atoms with van der Waals surface area (Å²) < 4.78 is 4.78. The molecule has 3 N–H and O–H groups in total. The van der Waals surface area contributed by atoms with E-state index in [1.807, 2.05) is 0 Å². The topological polar surface area (TPSA) is 101 Å². The van der Waals surface area contributed by atoms with Crippen LogP contribution in [0, 0.1) is 0 Å². The molecule has 0 bridgehead atoms. The lowest BCUT2D eigenvalue weighted by Crippen LogP contribution is -2.36. The highest BCUT2D eigenvalue weighted by atomic mass is 16.5. The minimum absolute atomic E-state index is 0.0247. The standard InChI is InChI=1S/C11H15N3O4/c1-18-5-4-12-11(17)14-7-8-2-3-9(10(15)16)13-6-8/h2-3,6H,4-5,7H2,1H3,(H,15,16)(H2,12,14,17). The summed E-state index contributed by atoms with van der Waals surface area (Å²) in [6, 6.07) is 2.68. The predicted octanol–water partition coefficient (Wildman–Crippen LogP) is 0.225. The molecular weight excluding hydrogens is 238 g/mol. The maximum absolute atomic E-state index is 11.3. The van der Waals surface area contributed by atoms with Crippen LogP contribution < -0.4 is 10.6 Å². The molecule has 0 unspecified atom stereocenters. The van der Waals surface area contributed by atoms with E-state index >= 15 is 0 Å². The quantitative estimate of drug-likeness (QED) is 0.630. The number of nitrogens with one attached hydrogen (secondary N) is 2. The van der Waals surface area contributed by atoms with Crippen LogP contribution in [0.3, 0.4) is 0 Å². The van der Waals surface area contributed by atoms with E-state index < -0.39 is 5.97 Å². The Bertz CT molecular complexity index is 405. The first-order valence-corrected chi connectivity index (χ1v) is 5.32. The lowest BCUT2D eigenvalue weighted by atomic mass is 10.2. The van der Waals surface area contributed by atoms with E-state index in [4.69, 9.17) is 9.84 Å². The number of pyridine rings is 1. The van der Waals surface area contributed by atoms with Gasteiger partial charge in [-0.15, -0.1) is 0 Å². The van der Waals surface area contributed by atoms with Gasteiger partial charge in [-0.3, -0.25) is 0 Å². The smallest absolute Gasteiger partial charge is 0.354 e. The summed E-state index contributed by atoms with van der Waals surface area (Å²) in [7, 11) is 1.55. The number of urea groups is 1. The highest BCUT2D eigenvalue weighted by Crippen LogP contribution is 1.99. The molecule has 1 rings (SSSR count). The van der Waals surface area contributed by atoms with Crippen molar-refractivity contribution in [2.45, 2.75) is 6.54 Å². The Morgan fingerprint density at radius 1 is 1.39 bits per heavy atom. The number of hydrogen-bond acceptors (Lipinski definition) is 4. The number of carboxylic acid groups (broad SMARTS) is 1. The molecule has 0 aliphatic carbocycles. The summed E-state index contributed by atoms with van der Waals surface area (Å²) in [6.45, 7) is 1.16. The maximum Gasteiger partial charge on any atom is 0.354 e. The monoisotopic (exact) mass is 253 g/mol. The van der Waals surface area contributed by atoms with Crippen LogP contribution >= 0.6 is 0 Å². The molecule has 7 heteroatoms. The number of ether oxygens (including phenoxy) is 1. The van der Waals surface area contributed by atoms with Crippen molar-refractivity contribution < 1.29 is 19.4 Å². The molecule has 0 spiro atoms. The molecule has 0 aromatic carbocycles. The fourth-order valence-corrected chi connectivity index (χ4v) is 1.17. The predicted molar refractivity (Wildman–Crippen MR) is 63.3 cm³/mol. The maximum atomic E-state index is 11.3. The second-order valence-corrected chi connectivity index (χ2v) is 3.46. The average molecular weight is 253 g/mol. The minimum atomic E-state index is -1.08. The van der Waals surface area contributed by atoms with Crippen molar-refractivity contribution in [3.8, 4) is 0 Å². The fourth-order valence-electron chi connectivity index (χ4n) is 1.17. The third kappa shape index (κ3) is 4.79. The molecule has 0 saturated carbocycles. The number of amides is 2. The number of hydrogen-bond donors (Lipinski definition) is 3. The van der Waals surface area contributed by atoms with Crippen LogP contribution in [0.1, 0.15) is 16.1 Å². The largest absolute Gasteiger partial charge is 0.477 e. The number of carbonyl (C=O) groups excluding carboxylic acids is 1. The van der Waals surface area contributed by atoms with Gasteiger partial charge in [-0.2, -0.15) is 0 Å². The molecule has 18 heavy (non-hydrogen) atoms. The van der Waals surface area contributed by atoms with Crippen molar-refractivity contribution in [3.63, 3.8) is 0 Å². The minimum Gasteiger partial charge on any atom is -0.477 e. The molecule has 0 atom stereocenters. The molecule has 0 fully saturated rings. The highest BCUT2D eigenvalue weighted by molar-refractivity contribution is 5.85. The Balaban J connectivity index is 2.34. The van der Waals surface area contributed by atoms with Crippen molar-refractivity contribution in [1.29, 1.82) is 0 Å². The van der Waals surface area contributed by atoms with Crippen molar-refractivity contribution in [3.05, 3.63) is 29.6 Å². The van der Waals surface area contributed by atoms with Gasteiger partial charge in [-0.25, -0.2) is 14.6 Å². The number of carboxylic acids is 1. The summed E-state index contributed by atoms with van der Waals surface area (Å²) in [5, 5.41) is 13.9. The van der Waals surface area contributed by atoms with Crippen molar-refractivity contribution in [1.82, 2.24) is 15.6 Å². The van der Waals surface area contributed by atoms with Crippen LogP contribution in [-0.4, -0.2) is 42.4 Å². The second kappa shape index (κ2) is 7.23. The van der Waals surface area contributed by atoms with Gasteiger partial charge in [-0.05, 0) is 11.6 Å². The summed E-state index contributed by atoms with van der Waals surface area (Å²) in [5.41, 5.74) is 0.699. The summed E-state index contributed by atoms with van der Waals surface area (Å²) in [5.74, 6) is -1.08. The van der Waals surface area contributed by atoms with Gasteiger partial charge < -0.3 is 20.5 Å². The third-order valence-electron chi connectivity index (χ3n) is 2.09.